The Morgan fingerprint density at radius 3 is 2.57 bits per heavy atom. The maximum atomic E-state index is 12.7. The summed E-state index contributed by atoms with van der Waals surface area (Å²) in [6.07, 6.45) is 0. The molecule has 5 rings (SSSR count). The second-order valence-corrected chi connectivity index (χ2v) is 10.4. The standard InChI is InChI=1S/C27H24N6O2S2/c1-17-12-13-18(2)21(14-17)33-23(15-28-25(35)19-8-4-3-5-9-19)31-32-27(33)36-16-24(34)30-26-29-20-10-6-7-11-22(20)37-26/h3-14H,15-16H2,1-2H3,(H,28,35)(H,29,30,34). The van der Waals surface area contributed by atoms with Crippen molar-refractivity contribution >= 4 is 50.3 Å². The van der Waals surface area contributed by atoms with Crippen LogP contribution in [-0.2, 0) is 11.3 Å². The van der Waals surface area contributed by atoms with Gasteiger partial charge in [0, 0.05) is 5.56 Å². The van der Waals surface area contributed by atoms with Crippen LogP contribution in [0.5, 0.6) is 0 Å². The first kappa shape index (κ1) is 24.7. The van der Waals surface area contributed by atoms with Gasteiger partial charge in [0.1, 0.15) is 0 Å². The largest absolute Gasteiger partial charge is 0.345 e. The Bertz CT molecular complexity index is 1550. The van der Waals surface area contributed by atoms with Crippen LogP contribution in [0.4, 0.5) is 5.13 Å². The van der Waals surface area contributed by atoms with Gasteiger partial charge in [0.15, 0.2) is 16.1 Å². The average Bonchev–Trinajstić information content (AvgIpc) is 3.51. The highest BCUT2D eigenvalue weighted by molar-refractivity contribution is 7.99. The number of benzene rings is 3. The van der Waals surface area contributed by atoms with Crippen molar-refractivity contribution in [3.05, 3.63) is 95.3 Å². The summed E-state index contributed by atoms with van der Waals surface area (Å²) in [7, 11) is 0. The number of para-hydroxylation sites is 1. The van der Waals surface area contributed by atoms with Crippen LogP contribution < -0.4 is 10.6 Å². The molecule has 8 nitrogen and oxygen atoms in total. The van der Waals surface area contributed by atoms with Gasteiger partial charge in [-0.15, -0.1) is 10.2 Å². The molecule has 0 fully saturated rings. The zero-order chi connectivity index (χ0) is 25.8. The number of thioether (sulfide) groups is 1. The number of anilines is 1. The SMILES string of the molecule is Cc1ccc(C)c(-n2c(CNC(=O)c3ccccc3)nnc2SCC(=O)Nc2nc3ccccc3s2)c1. The van der Waals surface area contributed by atoms with E-state index in [0.29, 0.717) is 21.7 Å². The van der Waals surface area contributed by atoms with Gasteiger partial charge < -0.3 is 10.6 Å². The quantitative estimate of drug-likeness (QED) is 0.270. The van der Waals surface area contributed by atoms with Crippen LogP contribution in [0.2, 0.25) is 0 Å². The number of fused-ring (bicyclic) bond motifs is 1. The fraction of sp³-hybridized carbons (Fsp3) is 0.148. The summed E-state index contributed by atoms with van der Waals surface area (Å²) in [6.45, 7) is 4.21. The molecule has 2 N–H and O–H groups in total. The van der Waals surface area contributed by atoms with E-state index in [-0.39, 0.29) is 24.1 Å². The maximum Gasteiger partial charge on any atom is 0.251 e. The molecular weight excluding hydrogens is 504 g/mol. The first-order valence-electron chi connectivity index (χ1n) is 11.6. The van der Waals surface area contributed by atoms with Crippen molar-refractivity contribution in [2.45, 2.75) is 25.5 Å². The minimum Gasteiger partial charge on any atom is -0.345 e. The number of hydrogen-bond acceptors (Lipinski definition) is 7. The highest BCUT2D eigenvalue weighted by atomic mass is 32.2. The highest BCUT2D eigenvalue weighted by Gasteiger charge is 2.19. The van der Waals surface area contributed by atoms with Gasteiger partial charge in [-0.2, -0.15) is 0 Å². The van der Waals surface area contributed by atoms with Crippen LogP contribution in [0.25, 0.3) is 15.9 Å². The van der Waals surface area contributed by atoms with Crippen molar-refractivity contribution in [2.24, 2.45) is 0 Å². The Morgan fingerprint density at radius 2 is 1.76 bits per heavy atom. The topological polar surface area (TPSA) is 102 Å². The molecule has 0 saturated heterocycles. The molecule has 0 atom stereocenters. The lowest BCUT2D eigenvalue weighted by atomic mass is 10.1. The fourth-order valence-electron chi connectivity index (χ4n) is 3.77. The lowest BCUT2D eigenvalue weighted by molar-refractivity contribution is -0.113. The second kappa shape index (κ2) is 10.9. The predicted molar refractivity (Wildman–Crippen MR) is 147 cm³/mol. The second-order valence-electron chi connectivity index (χ2n) is 8.40. The number of aryl methyl sites for hydroxylation is 2. The molecule has 37 heavy (non-hydrogen) atoms. The Balaban J connectivity index is 1.34. The van der Waals surface area contributed by atoms with Gasteiger partial charge in [0.05, 0.1) is 28.2 Å². The van der Waals surface area contributed by atoms with E-state index in [1.165, 1.54) is 23.1 Å². The molecular formula is C27H24N6O2S2. The fourth-order valence-corrected chi connectivity index (χ4v) is 5.42. The zero-order valence-corrected chi connectivity index (χ0v) is 21.9. The van der Waals surface area contributed by atoms with Gasteiger partial charge in [0.2, 0.25) is 5.91 Å². The van der Waals surface area contributed by atoms with E-state index >= 15 is 0 Å². The van der Waals surface area contributed by atoms with E-state index in [4.69, 9.17) is 0 Å². The van der Waals surface area contributed by atoms with E-state index in [1.54, 1.807) is 12.1 Å². The third kappa shape index (κ3) is 5.71. The molecule has 5 aromatic rings. The molecule has 0 aliphatic rings. The highest BCUT2D eigenvalue weighted by Crippen LogP contribution is 2.27. The number of thiazole rings is 1. The first-order valence-corrected chi connectivity index (χ1v) is 13.4. The summed E-state index contributed by atoms with van der Waals surface area (Å²) in [4.78, 5) is 29.8. The molecule has 0 spiro atoms. The summed E-state index contributed by atoms with van der Waals surface area (Å²) in [5.41, 5.74) is 4.44. The number of amides is 2. The zero-order valence-electron chi connectivity index (χ0n) is 20.3. The molecule has 0 radical (unpaired) electrons. The number of nitrogens with zero attached hydrogens (tertiary/aromatic N) is 4. The third-order valence-corrected chi connectivity index (χ3v) is 7.50. The van der Waals surface area contributed by atoms with Crippen LogP contribution in [0.1, 0.15) is 27.3 Å². The molecule has 10 heteroatoms. The molecule has 2 aromatic heterocycles. The molecule has 0 aliphatic carbocycles. The third-order valence-electron chi connectivity index (χ3n) is 5.62. The van der Waals surface area contributed by atoms with Crippen LogP contribution in [0.3, 0.4) is 0 Å². The van der Waals surface area contributed by atoms with Crippen molar-refractivity contribution < 1.29 is 9.59 Å². The van der Waals surface area contributed by atoms with Crippen molar-refractivity contribution in [2.75, 3.05) is 11.1 Å². The van der Waals surface area contributed by atoms with Crippen LogP contribution in [-0.4, -0.2) is 37.3 Å². The molecule has 186 valence electrons. The number of rotatable bonds is 8. The Hall–Kier alpha value is -4.02. The number of hydrogen-bond donors (Lipinski definition) is 2. The van der Waals surface area contributed by atoms with Gasteiger partial charge in [-0.05, 0) is 55.3 Å². The molecule has 0 aliphatic heterocycles. The average molecular weight is 529 g/mol. The molecule has 0 bridgehead atoms. The Kier molecular flexibility index (Phi) is 7.29. The number of aromatic nitrogens is 4. The van der Waals surface area contributed by atoms with Gasteiger partial charge in [-0.25, -0.2) is 4.98 Å². The monoisotopic (exact) mass is 528 g/mol. The summed E-state index contributed by atoms with van der Waals surface area (Å²) in [5, 5.41) is 15.6. The van der Waals surface area contributed by atoms with Gasteiger partial charge in [-0.1, -0.05) is 65.6 Å². The molecule has 2 amide bonds. The lowest BCUT2D eigenvalue weighted by Gasteiger charge is -2.14. The first-order chi connectivity index (χ1) is 18.0. The van der Waals surface area contributed by atoms with Crippen LogP contribution in [0, 0.1) is 13.8 Å². The molecule has 2 heterocycles. The minimum atomic E-state index is -0.194. The Labute approximate surface area is 222 Å². The van der Waals surface area contributed by atoms with Gasteiger partial charge in [-0.3, -0.25) is 14.2 Å². The van der Waals surface area contributed by atoms with Gasteiger partial charge >= 0.3 is 0 Å². The molecule has 0 unspecified atom stereocenters. The summed E-state index contributed by atoms with van der Waals surface area (Å²) < 4.78 is 2.92. The minimum absolute atomic E-state index is 0.134. The van der Waals surface area contributed by atoms with Crippen LogP contribution in [0.15, 0.2) is 78.0 Å². The summed E-state index contributed by atoms with van der Waals surface area (Å²) in [5.74, 6) is 0.334. The van der Waals surface area contributed by atoms with Crippen LogP contribution >= 0.6 is 23.1 Å². The van der Waals surface area contributed by atoms with Crippen molar-refractivity contribution in [1.29, 1.82) is 0 Å². The number of carbonyl (C=O) groups is 2. The van der Waals surface area contributed by atoms with E-state index in [1.807, 2.05) is 79.1 Å². The Morgan fingerprint density at radius 1 is 0.973 bits per heavy atom. The van der Waals surface area contributed by atoms with Crippen molar-refractivity contribution in [3.63, 3.8) is 0 Å². The summed E-state index contributed by atoms with van der Waals surface area (Å²) >= 11 is 2.72. The molecule has 0 saturated carbocycles. The normalized spacial score (nSPS) is 11.0. The predicted octanol–water partition coefficient (Wildman–Crippen LogP) is 5.15. The number of carbonyl (C=O) groups excluding carboxylic acids is 2. The number of nitrogens with one attached hydrogen (secondary N) is 2. The maximum absolute atomic E-state index is 12.7. The van der Waals surface area contributed by atoms with Crippen molar-refractivity contribution in [1.82, 2.24) is 25.1 Å². The summed E-state index contributed by atoms with van der Waals surface area (Å²) in [6, 6.07) is 22.9. The lowest BCUT2D eigenvalue weighted by Crippen LogP contribution is -2.24. The molecule has 3 aromatic carbocycles. The van der Waals surface area contributed by atoms with E-state index < -0.39 is 0 Å². The van der Waals surface area contributed by atoms with Crippen molar-refractivity contribution in [3.8, 4) is 5.69 Å². The van der Waals surface area contributed by atoms with E-state index in [2.05, 4.69) is 25.8 Å². The van der Waals surface area contributed by atoms with E-state index in [9.17, 15) is 9.59 Å². The van der Waals surface area contributed by atoms with Gasteiger partial charge in [0.25, 0.3) is 5.91 Å². The smallest absolute Gasteiger partial charge is 0.251 e. The van der Waals surface area contributed by atoms with E-state index in [0.717, 1.165) is 27.0 Å².